The Hall–Kier alpha value is -2.38. The monoisotopic (exact) mass is 374 g/mol. The molecule has 1 amide bonds. The number of amides is 1. The second-order valence-electron chi connectivity index (χ2n) is 6.33. The molecule has 1 heterocycles. The summed E-state index contributed by atoms with van der Waals surface area (Å²) in [6.07, 6.45) is 2.38. The van der Waals surface area contributed by atoms with Crippen LogP contribution in [0.15, 0.2) is 48.5 Å². The Labute approximate surface area is 153 Å². The first-order valence-electron chi connectivity index (χ1n) is 8.40. The number of sulfonamides is 1. The van der Waals surface area contributed by atoms with Gasteiger partial charge in [-0.15, -0.1) is 0 Å². The third-order valence-electron chi connectivity index (χ3n) is 4.49. The Bertz CT molecular complexity index is 894. The summed E-state index contributed by atoms with van der Waals surface area (Å²) in [6.45, 7) is 0.395. The van der Waals surface area contributed by atoms with E-state index in [4.69, 9.17) is 4.74 Å². The van der Waals surface area contributed by atoms with E-state index in [1.165, 1.54) is 4.31 Å². The zero-order valence-corrected chi connectivity index (χ0v) is 15.6. The van der Waals surface area contributed by atoms with E-state index in [1.54, 1.807) is 7.11 Å². The number of nitrogens with zero attached hydrogens (tertiary/aromatic N) is 1. The molecule has 1 fully saturated rings. The summed E-state index contributed by atoms with van der Waals surface area (Å²) in [7, 11) is -1.75. The minimum atomic E-state index is -3.38. The van der Waals surface area contributed by atoms with Crippen LogP contribution in [0.1, 0.15) is 12.8 Å². The summed E-state index contributed by atoms with van der Waals surface area (Å²) in [6, 6.07) is 14.5. The van der Waals surface area contributed by atoms with Gasteiger partial charge < -0.3 is 10.1 Å². The first-order chi connectivity index (χ1) is 12.4. The molecular formula is C19H22N2O4S. The summed E-state index contributed by atoms with van der Waals surface area (Å²) < 4.78 is 30.1. The second kappa shape index (κ2) is 7.47. The van der Waals surface area contributed by atoms with E-state index in [0.29, 0.717) is 25.1 Å². The highest BCUT2D eigenvalue weighted by molar-refractivity contribution is 7.88. The summed E-state index contributed by atoms with van der Waals surface area (Å²) in [5, 5.41) is 2.82. The average Bonchev–Trinajstić information content (AvgIpc) is 3.13. The van der Waals surface area contributed by atoms with Gasteiger partial charge in [-0.3, -0.25) is 4.79 Å². The summed E-state index contributed by atoms with van der Waals surface area (Å²) in [5.41, 5.74) is 2.66. The van der Waals surface area contributed by atoms with Crippen LogP contribution in [-0.2, 0) is 14.8 Å². The van der Waals surface area contributed by atoms with Crippen LogP contribution in [0.4, 0.5) is 5.69 Å². The fraction of sp³-hybridized carbons (Fsp3) is 0.316. The van der Waals surface area contributed by atoms with Gasteiger partial charge in [0.2, 0.25) is 15.9 Å². The van der Waals surface area contributed by atoms with Crippen molar-refractivity contribution in [3.8, 4) is 16.9 Å². The van der Waals surface area contributed by atoms with E-state index in [2.05, 4.69) is 5.32 Å². The second-order valence-corrected chi connectivity index (χ2v) is 8.27. The molecule has 0 radical (unpaired) electrons. The van der Waals surface area contributed by atoms with Crippen molar-refractivity contribution in [1.29, 1.82) is 0 Å². The Kier molecular flexibility index (Phi) is 5.29. The molecule has 26 heavy (non-hydrogen) atoms. The molecule has 6 nitrogen and oxygen atoms in total. The van der Waals surface area contributed by atoms with Crippen molar-refractivity contribution in [3.05, 3.63) is 48.5 Å². The first kappa shape index (κ1) is 18.4. The predicted octanol–water partition coefficient (Wildman–Crippen LogP) is 2.72. The maximum Gasteiger partial charge on any atom is 0.242 e. The van der Waals surface area contributed by atoms with Crippen LogP contribution in [0.3, 0.4) is 0 Å². The maximum atomic E-state index is 12.5. The molecule has 0 saturated carbocycles. The van der Waals surface area contributed by atoms with Crippen LogP contribution in [-0.4, -0.2) is 44.6 Å². The van der Waals surface area contributed by atoms with E-state index >= 15 is 0 Å². The lowest BCUT2D eigenvalue weighted by atomic mass is 10.1. The zero-order chi connectivity index (χ0) is 18.7. The minimum Gasteiger partial charge on any atom is -0.497 e. The highest BCUT2D eigenvalue weighted by Gasteiger charge is 2.36. The molecule has 1 saturated heterocycles. The number of rotatable bonds is 5. The van der Waals surface area contributed by atoms with E-state index < -0.39 is 16.1 Å². The molecule has 0 bridgehead atoms. The van der Waals surface area contributed by atoms with Crippen LogP contribution in [0.5, 0.6) is 5.75 Å². The number of hydrogen-bond acceptors (Lipinski definition) is 4. The molecule has 1 N–H and O–H groups in total. The number of nitrogens with one attached hydrogen (secondary N) is 1. The van der Waals surface area contributed by atoms with E-state index in [-0.39, 0.29) is 5.91 Å². The fourth-order valence-corrected chi connectivity index (χ4v) is 4.30. The highest BCUT2D eigenvalue weighted by atomic mass is 32.2. The number of carbonyl (C=O) groups excluding carboxylic acids is 1. The molecule has 7 heteroatoms. The summed E-state index contributed by atoms with van der Waals surface area (Å²) in [5.74, 6) is 0.490. The van der Waals surface area contributed by atoms with Crippen molar-refractivity contribution >= 4 is 21.6 Å². The van der Waals surface area contributed by atoms with Gasteiger partial charge >= 0.3 is 0 Å². The SMILES string of the molecule is COc1cccc(-c2ccc(NC(=O)[C@@H]3CCCN3S(C)(=O)=O)cc2)c1. The van der Waals surface area contributed by atoms with Gasteiger partial charge in [-0.25, -0.2) is 8.42 Å². The topological polar surface area (TPSA) is 75.7 Å². The van der Waals surface area contributed by atoms with Crippen LogP contribution < -0.4 is 10.1 Å². The molecule has 0 unspecified atom stereocenters. The molecule has 2 aromatic rings. The van der Waals surface area contributed by atoms with Gasteiger partial charge in [-0.05, 0) is 48.2 Å². The largest absolute Gasteiger partial charge is 0.497 e. The van der Waals surface area contributed by atoms with E-state index in [0.717, 1.165) is 23.1 Å². The molecule has 3 rings (SSSR count). The molecule has 1 aliphatic rings. The van der Waals surface area contributed by atoms with Crippen LogP contribution in [0.2, 0.25) is 0 Å². The Morgan fingerprint density at radius 3 is 2.54 bits per heavy atom. The number of hydrogen-bond donors (Lipinski definition) is 1. The van der Waals surface area contributed by atoms with Gasteiger partial charge in [0.1, 0.15) is 11.8 Å². The van der Waals surface area contributed by atoms with Gasteiger partial charge in [-0.2, -0.15) is 4.31 Å². The van der Waals surface area contributed by atoms with Crippen molar-refractivity contribution in [3.63, 3.8) is 0 Å². The van der Waals surface area contributed by atoms with Gasteiger partial charge in [-0.1, -0.05) is 24.3 Å². The maximum absolute atomic E-state index is 12.5. The molecule has 1 atom stereocenters. The fourth-order valence-electron chi connectivity index (χ4n) is 3.17. The summed E-state index contributed by atoms with van der Waals surface area (Å²) >= 11 is 0. The molecule has 1 aliphatic heterocycles. The van der Waals surface area contributed by atoms with Gasteiger partial charge in [0, 0.05) is 12.2 Å². The molecule has 0 aromatic heterocycles. The Balaban J connectivity index is 1.72. The third-order valence-corrected chi connectivity index (χ3v) is 5.78. The van der Waals surface area contributed by atoms with Gasteiger partial charge in [0.05, 0.1) is 13.4 Å². The normalized spacial score (nSPS) is 17.8. The lowest BCUT2D eigenvalue weighted by Gasteiger charge is -2.21. The van der Waals surface area contributed by atoms with E-state index in [1.807, 2.05) is 48.5 Å². The van der Waals surface area contributed by atoms with Crippen LogP contribution >= 0.6 is 0 Å². The molecule has 0 aliphatic carbocycles. The van der Waals surface area contributed by atoms with Crippen LogP contribution in [0, 0.1) is 0 Å². The molecule has 138 valence electrons. The first-order valence-corrected chi connectivity index (χ1v) is 10.3. The Morgan fingerprint density at radius 2 is 1.88 bits per heavy atom. The van der Waals surface area contributed by atoms with Crippen LogP contribution in [0.25, 0.3) is 11.1 Å². The molecule has 0 spiro atoms. The quantitative estimate of drug-likeness (QED) is 0.873. The predicted molar refractivity (Wildman–Crippen MR) is 102 cm³/mol. The van der Waals surface area contributed by atoms with E-state index in [9.17, 15) is 13.2 Å². The summed E-state index contributed by atoms with van der Waals surface area (Å²) in [4.78, 5) is 12.5. The molecular weight excluding hydrogens is 352 g/mol. The van der Waals surface area contributed by atoms with Gasteiger partial charge in [0.15, 0.2) is 0 Å². The number of carbonyl (C=O) groups is 1. The Morgan fingerprint density at radius 1 is 1.15 bits per heavy atom. The van der Waals surface area contributed by atoms with Crippen molar-refractivity contribution in [2.75, 3.05) is 25.2 Å². The highest BCUT2D eigenvalue weighted by Crippen LogP contribution is 2.26. The van der Waals surface area contributed by atoms with Crippen molar-refractivity contribution in [1.82, 2.24) is 4.31 Å². The van der Waals surface area contributed by atoms with Crippen molar-refractivity contribution < 1.29 is 17.9 Å². The third kappa shape index (κ3) is 4.05. The van der Waals surface area contributed by atoms with Gasteiger partial charge in [0.25, 0.3) is 0 Å². The number of methoxy groups -OCH3 is 1. The smallest absolute Gasteiger partial charge is 0.242 e. The zero-order valence-electron chi connectivity index (χ0n) is 14.8. The average molecular weight is 374 g/mol. The van der Waals surface area contributed by atoms with Crippen molar-refractivity contribution in [2.24, 2.45) is 0 Å². The minimum absolute atomic E-state index is 0.290. The molecule has 2 aromatic carbocycles. The number of anilines is 1. The lowest BCUT2D eigenvalue weighted by Crippen LogP contribution is -2.42. The van der Waals surface area contributed by atoms with Crippen molar-refractivity contribution in [2.45, 2.75) is 18.9 Å². The standard InChI is InChI=1S/C19H22N2O4S/c1-25-17-6-3-5-15(13-17)14-8-10-16(11-9-14)20-19(22)18-7-4-12-21(18)26(2,23)24/h3,5-6,8-11,13,18H,4,7,12H2,1-2H3,(H,20,22)/t18-/m0/s1. The lowest BCUT2D eigenvalue weighted by molar-refractivity contribution is -0.119. The number of benzene rings is 2. The number of ether oxygens (including phenoxy) is 1.